The van der Waals surface area contributed by atoms with E-state index >= 15 is 0 Å². The number of rotatable bonds is 3. The topological polar surface area (TPSA) is 49.0 Å². The van der Waals surface area contributed by atoms with Crippen molar-refractivity contribution >= 4 is 28.8 Å². The summed E-state index contributed by atoms with van der Waals surface area (Å²) < 4.78 is 0.731. The average Bonchev–Trinajstić information content (AvgIpc) is 3.10. The van der Waals surface area contributed by atoms with Gasteiger partial charge in [-0.25, -0.2) is 4.98 Å². The quantitative estimate of drug-likeness (QED) is 0.944. The van der Waals surface area contributed by atoms with Gasteiger partial charge in [0.05, 0.1) is 16.8 Å². The summed E-state index contributed by atoms with van der Waals surface area (Å²) in [4.78, 5) is 23.0. The number of H-pyrrole nitrogens is 1. The van der Waals surface area contributed by atoms with Crippen LogP contribution >= 0.6 is 22.9 Å². The van der Waals surface area contributed by atoms with Gasteiger partial charge in [0.2, 0.25) is 5.91 Å². The Bertz CT molecular complexity index is 581. The second kappa shape index (κ2) is 5.97. The number of hydrogen-bond acceptors (Lipinski definition) is 3. The molecule has 1 fully saturated rings. The first-order valence-corrected chi connectivity index (χ1v) is 7.96. The molecule has 3 rings (SSSR count). The Kier molecular flexibility index (Phi) is 4.08. The van der Waals surface area contributed by atoms with E-state index in [-0.39, 0.29) is 11.9 Å². The largest absolute Gasteiger partial charge is 0.347 e. The summed E-state index contributed by atoms with van der Waals surface area (Å²) >= 11 is 7.39. The van der Waals surface area contributed by atoms with E-state index in [0.717, 1.165) is 40.8 Å². The van der Waals surface area contributed by atoms with Gasteiger partial charge in [-0.05, 0) is 31.4 Å². The molecule has 0 spiro atoms. The Balaban J connectivity index is 1.74. The molecule has 3 heterocycles. The van der Waals surface area contributed by atoms with Crippen molar-refractivity contribution in [1.29, 1.82) is 0 Å². The number of nitrogens with one attached hydrogen (secondary N) is 1. The zero-order chi connectivity index (χ0) is 13.9. The van der Waals surface area contributed by atoms with Crippen molar-refractivity contribution in [3.63, 3.8) is 0 Å². The Morgan fingerprint density at radius 2 is 2.40 bits per heavy atom. The van der Waals surface area contributed by atoms with Gasteiger partial charge in [-0.1, -0.05) is 11.6 Å². The van der Waals surface area contributed by atoms with Crippen LogP contribution in [0.3, 0.4) is 0 Å². The highest BCUT2D eigenvalue weighted by molar-refractivity contribution is 7.16. The molecule has 4 nitrogen and oxygen atoms in total. The maximum atomic E-state index is 12.5. The summed E-state index contributed by atoms with van der Waals surface area (Å²) in [5.74, 6) is 1.05. The van der Waals surface area contributed by atoms with Crippen molar-refractivity contribution in [2.45, 2.75) is 31.7 Å². The molecule has 1 aliphatic heterocycles. The van der Waals surface area contributed by atoms with Crippen molar-refractivity contribution in [1.82, 2.24) is 14.9 Å². The molecule has 0 aromatic carbocycles. The van der Waals surface area contributed by atoms with Crippen LogP contribution in [0.25, 0.3) is 0 Å². The summed E-state index contributed by atoms with van der Waals surface area (Å²) in [6, 6.07) is 3.85. The second-order valence-electron chi connectivity index (χ2n) is 4.96. The summed E-state index contributed by atoms with van der Waals surface area (Å²) in [5.41, 5.74) is 0. The molecule has 106 valence electrons. The van der Waals surface area contributed by atoms with Crippen LogP contribution < -0.4 is 0 Å². The van der Waals surface area contributed by atoms with E-state index in [0.29, 0.717) is 6.42 Å². The van der Waals surface area contributed by atoms with Crippen molar-refractivity contribution in [2.24, 2.45) is 0 Å². The minimum atomic E-state index is 0.0849. The highest BCUT2D eigenvalue weighted by atomic mass is 35.5. The van der Waals surface area contributed by atoms with E-state index in [1.807, 2.05) is 23.2 Å². The Labute approximate surface area is 126 Å². The number of thiophene rings is 1. The molecule has 0 bridgehead atoms. The lowest BCUT2D eigenvalue weighted by Gasteiger charge is -2.34. The number of carbonyl (C=O) groups is 1. The average molecular weight is 310 g/mol. The van der Waals surface area contributed by atoms with Gasteiger partial charge >= 0.3 is 0 Å². The number of aromatic nitrogens is 2. The van der Waals surface area contributed by atoms with Gasteiger partial charge in [0.15, 0.2) is 0 Å². The van der Waals surface area contributed by atoms with Gasteiger partial charge in [0.1, 0.15) is 5.82 Å². The molecule has 0 radical (unpaired) electrons. The maximum absolute atomic E-state index is 12.5. The molecule has 2 aromatic rings. The fourth-order valence-corrected chi connectivity index (χ4v) is 3.75. The van der Waals surface area contributed by atoms with Crippen molar-refractivity contribution < 1.29 is 4.79 Å². The van der Waals surface area contributed by atoms with E-state index in [1.54, 1.807) is 6.20 Å². The van der Waals surface area contributed by atoms with E-state index in [9.17, 15) is 4.79 Å². The van der Waals surface area contributed by atoms with Crippen LogP contribution in [0.2, 0.25) is 4.34 Å². The minimum Gasteiger partial charge on any atom is -0.347 e. The molecule has 2 aromatic heterocycles. The van der Waals surface area contributed by atoms with Crippen LogP contribution in [0.4, 0.5) is 0 Å². The van der Waals surface area contributed by atoms with E-state index in [2.05, 4.69) is 9.97 Å². The molecule has 20 heavy (non-hydrogen) atoms. The number of likely N-dealkylation sites (tertiary alicyclic amines) is 1. The first-order chi connectivity index (χ1) is 9.74. The van der Waals surface area contributed by atoms with Gasteiger partial charge in [-0.15, -0.1) is 11.3 Å². The lowest BCUT2D eigenvalue weighted by atomic mass is 10.0. The fourth-order valence-electron chi connectivity index (χ4n) is 2.67. The van der Waals surface area contributed by atoms with E-state index < -0.39 is 0 Å². The molecule has 6 heteroatoms. The monoisotopic (exact) mass is 309 g/mol. The van der Waals surface area contributed by atoms with Gasteiger partial charge in [-0.2, -0.15) is 0 Å². The van der Waals surface area contributed by atoms with Crippen LogP contribution in [0.15, 0.2) is 24.5 Å². The maximum Gasteiger partial charge on any atom is 0.228 e. The Hall–Kier alpha value is -1.33. The van der Waals surface area contributed by atoms with Crippen molar-refractivity contribution in [2.75, 3.05) is 6.54 Å². The zero-order valence-electron chi connectivity index (χ0n) is 11.0. The Morgan fingerprint density at radius 3 is 3.10 bits per heavy atom. The number of piperidine rings is 1. The summed E-state index contributed by atoms with van der Waals surface area (Å²) in [5, 5.41) is 0. The summed E-state index contributed by atoms with van der Waals surface area (Å²) in [6.07, 6.45) is 7.16. The molecule has 1 aliphatic rings. The first kappa shape index (κ1) is 13.6. The zero-order valence-corrected chi connectivity index (χ0v) is 12.6. The third kappa shape index (κ3) is 2.88. The predicted molar refractivity (Wildman–Crippen MR) is 79.9 cm³/mol. The van der Waals surface area contributed by atoms with E-state index in [1.165, 1.54) is 11.3 Å². The van der Waals surface area contributed by atoms with Gasteiger partial charge in [0, 0.05) is 23.8 Å². The smallest absolute Gasteiger partial charge is 0.228 e. The van der Waals surface area contributed by atoms with Crippen LogP contribution in [0, 0.1) is 0 Å². The molecule has 1 amide bonds. The van der Waals surface area contributed by atoms with Crippen LogP contribution in [0.5, 0.6) is 0 Å². The normalized spacial score (nSPS) is 19.2. The molecular formula is C14H16ClN3OS. The number of aromatic amines is 1. The van der Waals surface area contributed by atoms with E-state index in [4.69, 9.17) is 11.6 Å². The Morgan fingerprint density at radius 1 is 1.50 bits per heavy atom. The molecule has 1 atom stereocenters. The predicted octanol–water partition coefficient (Wildman–Crippen LogP) is 3.42. The van der Waals surface area contributed by atoms with Crippen LogP contribution in [-0.2, 0) is 11.2 Å². The SMILES string of the molecule is O=C(Cc1ccc(Cl)s1)N1CCCC[C@H]1c1ncc[nH]1. The van der Waals surface area contributed by atoms with Gasteiger partial charge in [0.25, 0.3) is 0 Å². The molecule has 0 aliphatic carbocycles. The second-order valence-corrected chi connectivity index (χ2v) is 6.76. The number of hydrogen-bond donors (Lipinski definition) is 1. The molecule has 0 unspecified atom stereocenters. The van der Waals surface area contributed by atoms with Crippen LogP contribution in [-0.4, -0.2) is 27.3 Å². The number of carbonyl (C=O) groups excluding carboxylic acids is 1. The van der Waals surface area contributed by atoms with Gasteiger partial charge < -0.3 is 9.88 Å². The lowest BCUT2D eigenvalue weighted by Crippen LogP contribution is -2.39. The third-order valence-corrected chi connectivity index (χ3v) is 4.84. The molecule has 1 N–H and O–H groups in total. The number of amides is 1. The first-order valence-electron chi connectivity index (χ1n) is 6.77. The number of halogens is 1. The van der Waals surface area contributed by atoms with Crippen molar-refractivity contribution in [3.8, 4) is 0 Å². The standard InChI is InChI=1S/C14H16ClN3OS/c15-12-5-4-10(20-12)9-13(19)18-8-2-1-3-11(18)14-16-6-7-17-14/h4-7,11H,1-3,8-9H2,(H,16,17)/t11-/m0/s1. The summed E-state index contributed by atoms with van der Waals surface area (Å²) in [7, 11) is 0. The minimum absolute atomic E-state index is 0.0849. The summed E-state index contributed by atoms with van der Waals surface area (Å²) in [6.45, 7) is 0.809. The van der Waals surface area contributed by atoms with Gasteiger partial charge in [-0.3, -0.25) is 4.79 Å². The van der Waals surface area contributed by atoms with Crippen LogP contribution in [0.1, 0.15) is 36.0 Å². The van der Waals surface area contributed by atoms with Crippen molar-refractivity contribution in [3.05, 3.63) is 39.6 Å². The lowest BCUT2D eigenvalue weighted by molar-refractivity contribution is -0.134. The highest BCUT2D eigenvalue weighted by Gasteiger charge is 2.29. The molecule has 1 saturated heterocycles. The fraction of sp³-hybridized carbons (Fsp3) is 0.429. The molecule has 0 saturated carbocycles. The third-order valence-electron chi connectivity index (χ3n) is 3.61. The number of nitrogens with zero attached hydrogens (tertiary/aromatic N) is 2. The molecular weight excluding hydrogens is 294 g/mol. The highest BCUT2D eigenvalue weighted by Crippen LogP contribution is 2.30. The number of imidazole rings is 1.